The molecule has 2 rings (SSSR count). The number of methoxy groups -OCH3 is 1. The number of rotatable bonds is 6. The normalized spacial score (nSPS) is 21.0. The van der Waals surface area contributed by atoms with Gasteiger partial charge in [0.2, 0.25) is 0 Å². The summed E-state index contributed by atoms with van der Waals surface area (Å²) in [7, 11) is 6.08. The van der Waals surface area contributed by atoms with Crippen molar-refractivity contribution in [1.29, 1.82) is 0 Å². The third-order valence-corrected chi connectivity index (χ3v) is 4.49. The molecule has 1 aliphatic rings. The fourth-order valence-corrected chi connectivity index (χ4v) is 3.22. The van der Waals surface area contributed by atoms with Gasteiger partial charge in [-0.05, 0) is 46.5 Å². The molecule has 0 aromatic heterocycles. The first-order chi connectivity index (χ1) is 10.0. The largest absolute Gasteiger partial charge is 0.496 e. The van der Waals surface area contributed by atoms with E-state index in [1.807, 2.05) is 6.07 Å². The third-order valence-electron chi connectivity index (χ3n) is 4.49. The van der Waals surface area contributed by atoms with Crippen LogP contribution < -0.4 is 10.5 Å². The quantitative estimate of drug-likeness (QED) is 0.871. The maximum atomic E-state index is 6.41. The number of hydrogen-bond donors (Lipinski definition) is 1. The number of likely N-dealkylation sites (N-methyl/N-ethyl adjacent to an activating group) is 2. The number of nitrogens with zero attached hydrogens (tertiary/aromatic N) is 2. The van der Waals surface area contributed by atoms with Crippen LogP contribution in [0.4, 0.5) is 0 Å². The highest BCUT2D eigenvalue weighted by Crippen LogP contribution is 2.25. The smallest absolute Gasteiger partial charge is 0.123 e. The van der Waals surface area contributed by atoms with Crippen LogP contribution in [0, 0.1) is 6.92 Å². The lowest BCUT2D eigenvalue weighted by Gasteiger charge is -2.28. The Bertz CT molecular complexity index is 463. The van der Waals surface area contributed by atoms with Crippen molar-refractivity contribution in [2.24, 2.45) is 5.73 Å². The van der Waals surface area contributed by atoms with Crippen molar-refractivity contribution in [2.45, 2.75) is 31.8 Å². The zero-order valence-corrected chi connectivity index (χ0v) is 13.8. The lowest BCUT2D eigenvalue weighted by molar-refractivity contribution is 0.212. The first-order valence-corrected chi connectivity index (χ1v) is 7.80. The number of nitrogens with two attached hydrogens (primary N) is 1. The summed E-state index contributed by atoms with van der Waals surface area (Å²) in [5.41, 5.74) is 8.74. The van der Waals surface area contributed by atoms with Gasteiger partial charge in [-0.15, -0.1) is 0 Å². The molecule has 0 aliphatic carbocycles. The Morgan fingerprint density at radius 3 is 2.86 bits per heavy atom. The van der Waals surface area contributed by atoms with E-state index in [0.717, 1.165) is 24.4 Å². The van der Waals surface area contributed by atoms with Gasteiger partial charge >= 0.3 is 0 Å². The molecule has 21 heavy (non-hydrogen) atoms. The molecule has 1 fully saturated rings. The van der Waals surface area contributed by atoms with Gasteiger partial charge in [0, 0.05) is 30.7 Å². The standard InChI is InChI=1S/C17H29N3O/c1-13-7-8-17(21-4)15(10-13)16(18)12-19(2)11-14-6-5-9-20(14)3/h7-8,10,14,16H,5-6,9,11-12,18H2,1-4H3. The molecule has 0 saturated carbocycles. The Hall–Kier alpha value is -1.10. The maximum absolute atomic E-state index is 6.41. The predicted molar refractivity (Wildman–Crippen MR) is 87.8 cm³/mol. The average Bonchev–Trinajstić information content (AvgIpc) is 2.84. The first kappa shape index (κ1) is 16.3. The lowest BCUT2D eigenvalue weighted by Crippen LogP contribution is -2.39. The van der Waals surface area contributed by atoms with Gasteiger partial charge in [-0.25, -0.2) is 0 Å². The summed E-state index contributed by atoms with van der Waals surface area (Å²) in [5, 5.41) is 0. The average molecular weight is 291 g/mol. The molecule has 1 aromatic rings. The van der Waals surface area contributed by atoms with Crippen molar-refractivity contribution >= 4 is 0 Å². The summed E-state index contributed by atoms with van der Waals surface area (Å²) >= 11 is 0. The van der Waals surface area contributed by atoms with Gasteiger partial charge in [-0.1, -0.05) is 17.7 Å². The van der Waals surface area contributed by atoms with E-state index in [9.17, 15) is 0 Å². The van der Waals surface area contributed by atoms with E-state index >= 15 is 0 Å². The molecule has 1 aromatic carbocycles. The summed E-state index contributed by atoms with van der Waals surface area (Å²) in [6, 6.07) is 6.86. The Kier molecular flexibility index (Phi) is 5.62. The van der Waals surface area contributed by atoms with E-state index in [2.05, 4.69) is 43.0 Å². The fraction of sp³-hybridized carbons (Fsp3) is 0.647. The minimum atomic E-state index is -0.0171. The van der Waals surface area contributed by atoms with E-state index < -0.39 is 0 Å². The molecule has 1 aliphatic heterocycles. The zero-order valence-electron chi connectivity index (χ0n) is 13.8. The number of likely N-dealkylation sites (tertiary alicyclic amines) is 1. The lowest BCUT2D eigenvalue weighted by atomic mass is 10.0. The molecule has 0 radical (unpaired) electrons. The highest BCUT2D eigenvalue weighted by molar-refractivity contribution is 5.39. The van der Waals surface area contributed by atoms with Crippen LogP contribution >= 0.6 is 0 Å². The Morgan fingerprint density at radius 2 is 2.24 bits per heavy atom. The molecule has 1 heterocycles. The highest BCUT2D eigenvalue weighted by atomic mass is 16.5. The molecule has 1 saturated heterocycles. The van der Waals surface area contributed by atoms with Crippen molar-refractivity contribution < 1.29 is 4.74 Å². The number of benzene rings is 1. The summed E-state index contributed by atoms with van der Waals surface area (Å²) < 4.78 is 5.45. The second kappa shape index (κ2) is 7.25. The van der Waals surface area contributed by atoms with E-state index in [1.165, 1.54) is 24.9 Å². The molecule has 118 valence electrons. The summed E-state index contributed by atoms with van der Waals surface area (Å²) in [6.45, 7) is 5.24. The number of ether oxygens (including phenoxy) is 1. The third kappa shape index (κ3) is 4.19. The van der Waals surface area contributed by atoms with Crippen molar-refractivity contribution in [3.05, 3.63) is 29.3 Å². The van der Waals surface area contributed by atoms with Crippen molar-refractivity contribution in [1.82, 2.24) is 9.80 Å². The summed E-state index contributed by atoms with van der Waals surface area (Å²) in [6.07, 6.45) is 2.61. The van der Waals surface area contributed by atoms with Crippen LogP contribution in [0.1, 0.15) is 30.0 Å². The molecule has 0 bridgehead atoms. The van der Waals surface area contributed by atoms with Crippen LogP contribution in [0.3, 0.4) is 0 Å². The number of aryl methyl sites for hydroxylation is 1. The first-order valence-electron chi connectivity index (χ1n) is 7.80. The zero-order chi connectivity index (χ0) is 15.4. The maximum Gasteiger partial charge on any atom is 0.123 e. The monoisotopic (exact) mass is 291 g/mol. The molecular formula is C17H29N3O. The highest BCUT2D eigenvalue weighted by Gasteiger charge is 2.23. The second-order valence-electron chi connectivity index (χ2n) is 6.35. The minimum absolute atomic E-state index is 0.0171. The topological polar surface area (TPSA) is 41.7 Å². The van der Waals surface area contributed by atoms with Gasteiger partial charge < -0.3 is 20.3 Å². The van der Waals surface area contributed by atoms with Gasteiger partial charge in [-0.3, -0.25) is 0 Å². The predicted octanol–water partition coefficient (Wildman–Crippen LogP) is 2.03. The SMILES string of the molecule is COc1ccc(C)cc1C(N)CN(C)CC1CCCN1C. The van der Waals surface area contributed by atoms with E-state index in [4.69, 9.17) is 10.5 Å². The van der Waals surface area contributed by atoms with Crippen LogP contribution in [0.2, 0.25) is 0 Å². The van der Waals surface area contributed by atoms with Crippen molar-refractivity contribution in [3.8, 4) is 5.75 Å². The van der Waals surface area contributed by atoms with E-state index in [0.29, 0.717) is 6.04 Å². The Morgan fingerprint density at radius 1 is 1.48 bits per heavy atom. The van der Waals surface area contributed by atoms with Gasteiger partial charge in [0.15, 0.2) is 0 Å². The van der Waals surface area contributed by atoms with Gasteiger partial charge in [0.25, 0.3) is 0 Å². The summed E-state index contributed by atoms with van der Waals surface area (Å²) in [4.78, 5) is 4.80. The number of hydrogen-bond acceptors (Lipinski definition) is 4. The van der Waals surface area contributed by atoms with Crippen molar-refractivity contribution in [2.75, 3.05) is 40.8 Å². The van der Waals surface area contributed by atoms with E-state index in [1.54, 1.807) is 7.11 Å². The molecule has 2 unspecified atom stereocenters. The molecule has 0 amide bonds. The van der Waals surface area contributed by atoms with E-state index in [-0.39, 0.29) is 6.04 Å². The van der Waals surface area contributed by atoms with Crippen LogP contribution in [0.25, 0.3) is 0 Å². The van der Waals surface area contributed by atoms with Crippen molar-refractivity contribution in [3.63, 3.8) is 0 Å². The molecular weight excluding hydrogens is 262 g/mol. The Balaban J connectivity index is 1.97. The molecule has 0 spiro atoms. The van der Waals surface area contributed by atoms with Crippen LogP contribution in [-0.4, -0.2) is 56.7 Å². The van der Waals surface area contributed by atoms with Crippen LogP contribution in [0.5, 0.6) is 5.75 Å². The Labute approximate surface area is 128 Å². The van der Waals surface area contributed by atoms with Crippen LogP contribution in [-0.2, 0) is 0 Å². The van der Waals surface area contributed by atoms with Gasteiger partial charge in [0.1, 0.15) is 5.75 Å². The molecule has 4 heteroatoms. The minimum Gasteiger partial charge on any atom is -0.496 e. The molecule has 2 atom stereocenters. The molecule has 4 nitrogen and oxygen atoms in total. The molecule has 2 N–H and O–H groups in total. The van der Waals surface area contributed by atoms with Crippen LogP contribution in [0.15, 0.2) is 18.2 Å². The summed E-state index contributed by atoms with van der Waals surface area (Å²) in [5.74, 6) is 0.888. The van der Waals surface area contributed by atoms with Gasteiger partial charge in [-0.2, -0.15) is 0 Å². The second-order valence-corrected chi connectivity index (χ2v) is 6.35. The fourth-order valence-electron chi connectivity index (χ4n) is 3.22. The van der Waals surface area contributed by atoms with Gasteiger partial charge in [0.05, 0.1) is 7.11 Å².